The van der Waals surface area contributed by atoms with Gasteiger partial charge in [0.2, 0.25) is 0 Å². The monoisotopic (exact) mass is 244 g/mol. The number of hydrogen-bond acceptors (Lipinski definition) is 2. The first-order chi connectivity index (χ1) is 7.46. The summed E-state index contributed by atoms with van der Waals surface area (Å²) in [6.45, 7) is 12.9. The highest BCUT2D eigenvalue weighted by Crippen LogP contribution is 2.28. The Bertz CT molecular complexity index is 192. The average molecular weight is 244 g/mol. The predicted molar refractivity (Wildman–Crippen MR) is 72.1 cm³/mol. The van der Waals surface area contributed by atoms with Gasteiger partial charge in [-0.05, 0) is 24.1 Å². The fraction of sp³-hybridized carbons (Fsp3) is 0.923. The molecule has 0 aliphatic rings. The zero-order valence-corrected chi connectivity index (χ0v) is 12.7. The van der Waals surface area contributed by atoms with Crippen LogP contribution in [0.4, 0.5) is 0 Å². The lowest BCUT2D eigenvalue weighted by Crippen LogP contribution is -2.44. The van der Waals surface area contributed by atoms with Crippen molar-refractivity contribution in [3.05, 3.63) is 0 Å². The van der Waals surface area contributed by atoms with E-state index < -0.39 is 8.32 Å². The summed E-state index contributed by atoms with van der Waals surface area (Å²) in [6.07, 6.45) is 1.13. The first-order valence-electron chi connectivity index (χ1n) is 6.59. The van der Waals surface area contributed by atoms with Gasteiger partial charge in [0.15, 0.2) is 8.32 Å². The Balaban J connectivity index is 4.77. The van der Waals surface area contributed by atoms with Gasteiger partial charge in [-0.2, -0.15) is 0 Å². The second-order valence-electron chi connectivity index (χ2n) is 5.07. The predicted octanol–water partition coefficient (Wildman–Crippen LogP) is 3.87. The molecule has 0 aliphatic heterocycles. The van der Waals surface area contributed by atoms with Crippen molar-refractivity contribution in [3.8, 4) is 0 Å². The summed E-state index contributed by atoms with van der Waals surface area (Å²) < 4.78 is 6.41. The molecule has 0 aromatic heterocycles. The lowest BCUT2D eigenvalue weighted by Gasteiger charge is -2.36. The molecule has 0 saturated heterocycles. The molecule has 0 unspecified atom stereocenters. The molecule has 0 bridgehead atoms. The van der Waals surface area contributed by atoms with Crippen LogP contribution >= 0.6 is 0 Å². The molecule has 0 rings (SSSR count). The van der Waals surface area contributed by atoms with Crippen LogP contribution in [0.2, 0.25) is 18.1 Å². The molecule has 0 amide bonds. The average Bonchev–Trinajstić information content (AvgIpc) is 2.30. The molecule has 0 N–H and O–H groups in total. The number of aldehydes is 1. The Morgan fingerprint density at radius 2 is 1.50 bits per heavy atom. The van der Waals surface area contributed by atoms with Crippen molar-refractivity contribution in [2.24, 2.45) is 11.8 Å². The third kappa shape index (κ3) is 4.02. The highest BCUT2D eigenvalue weighted by atomic mass is 28.4. The number of rotatable bonds is 8. The van der Waals surface area contributed by atoms with Crippen LogP contribution in [-0.2, 0) is 9.22 Å². The molecule has 0 saturated carbocycles. The van der Waals surface area contributed by atoms with E-state index in [4.69, 9.17) is 4.43 Å². The van der Waals surface area contributed by atoms with E-state index in [0.29, 0.717) is 5.92 Å². The van der Waals surface area contributed by atoms with Crippen LogP contribution in [0.1, 0.15) is 41.5 Å². The lowest BCUT2D eigenvalue weighted by atomic mass is 9.96. The second-order valence-corrected chi connectivity index (χ2v) is 9.79. The normalized spacial score (nSPS) is 16.2. The highest BCUT2D eigenvalue weighted by molar-refractivity contribution is 6.73. The summed E-state index contributed by atoms with van der Waals surface area (Å²) in [5.74, 6) is 0.424. The van der Waals surface area contributed by atoms with Crippen molar-refractivity contribution in [2.45, 2.75) is 65.8 Å². The molecule has 0 aliphatic carbocycles. The van der Waals surface area contributed by atoms with Gasteiger partial charge >= 0.3 is 0 Å². The highest BCUT2D eigenvalue weighted by Gasteiger charge is 2.34. The number of carbonyl (C=O) groups excluding carboxylic acids is 1. The van der Waals surface area contributed by atoms with Gasteiger partial charge in [-0.1, -0.05) is 41.5 Å². The van der Waals surface area contributed by atoms with Gasteiger partial charge in [-0.15, -0.1) is 0 Å². The molecule has 16 heavy (non-hydrogen) atoms. The minimum atomic E-state index is -1.58. The van der Waals surface area contributed by atoms with E-state index in [0.717, 1.165) is 24.4 Å². The molecular weight excluding hydrogens is 216 g/mol. The molecule has 0 fully saturated rings. The first kappa shape index (κ1) is 15.8. The van der Waals surface area contributed by atoms with Crippen LogP contribution in [0.5, 0.6) is 0 Å². The van der Waals surface area contributed by atoms with E-state index in [-0.39, 0.29) is 12.0 Å². The molecule has 0 aromatic carbocycles. The maximum Gasteiger partial charge on any atom is 0.192 e. The van der Waals surface area contributed by atoms with Gasteiger partial charge in [-0.3, -0.25) is 0 Å². The van der Waals surface area contributed by atoms with E-state index in [9.17, 15) is 4.79 Å². The molecule has 0 aromatic rings. The third-order valence-corrected chi connectivity index (χ3v) is 8.35. The molecule has 3 heteroatoms. The van der Waals surface area contributed by atoms with Gasteiger partial charge in [0.1, 0.15) is 6.29 Å². The lowest BCUT2D eigenvalue weighted by molar-refractivity contribution is -0.114. The van der Waals surface area contributed by atoms with Crippen molar-refractivity contribution in [3.63, 3.8) is 0 Å². The summed E-state index contributed by atoms with van der Waals surface area (Å²) >= 11 is 0. The molecular formula is C13H28O2Si. The summed E-state index contributed by atoms with van der Waals surface area (Å²) in [5, 5.41) is 0. The molecule has 2 nitrogen and oxygen atoms in total. The first-order valence-corrected chi connectivity index (χ1v) is 9.12. The molecule has 0 spiro atoms. The van der Waals surface area contributed by atoms with E-state index in [1.807, 2.05) is 6.92 Å². The van der Waals surface area contributed by atoms with E-state index in [2.05, 4.69) is 34.6 Å². The van der Waals surface area contributed by atoms with Gasteiger partial charge in [0, 0.05) is 5.92 Å². The minimum Gasteiger partial charge on any atom is -0.413 e. The largest absolute Gasteiger partial charge is 0.413 e. The van der Waals surface area contributed by atoms with Crippen molar-refractivity contribution in [2.75, 3.05) is 0 Å². The molecule has 96 valence electrons. The Morgan fingerprint density at radius 1 is 1.06 bits per heavy atom. The second kappa shape index (κ2) is 7.23. The number of carbonyl (C=O) groups is 1. The van der Waals surface area contributed by atoms with Gasteiger partial charge in [0.25, 0.3) is 0 Å². The fourth-order valence-electron chi connectivity index (χ4n) is 2.22. The van der Waals surface area contributed by atoms with Gasteiger partial charge in [0.05, 0.1) is 6.10 Å². The Labute approximate surface area is 102 Å². The summed E-state index contributed by atoms with van der Waals surface area (Å²) in [5.41, 5.74) is 0. The smallest absolute Gasteiger partial charge is 0.192 e. The van der Waals surface area contributed by atoms with Gasteiger partial charge < -0.3 is 9.22 Å². The Morgan fingerprint density at radius 3 is 1.75 bits per heavy atom. The van der Waals surface area contributed by atoms with Crippen LogP contribution in [0, 0.1) is 11.8 Å². The third-order valence-electron chi connectivity index (χ3n) is 3.71. The van der Waals surface area contributed by atoms with Crippen molar-refractivity contribution in [1.29, 1.82) is 0 Å². The maximum absolute atomic E-state index is 10.9. The van der Waals surface area contributed by atoms with E-state index in [1.54, 1.807) is 0 Å². The fourth-order valence-corrected chi connectivity index (χ4v) is 5.28. The van der Waals surface area contributed by atoms with Crippen LogP contribution in [0.25, 0.3) is 0 Å². The van der Waals surface area contributed by atoms with Crippen LogP contribution in [0.3, 0.4) is 0 Å². The Kier molecular flexibility index (Phi) is 7.16. The van der Waals surface area contributed by atoms with Crippen LogP contribution in [0.15, 0.2) is 0 Å². The summed E-state index contributed by atoms with van der Waals surface area (Å²) in [7, 11) is -1.58. The molecule has 0 radical (unpaired) electrons. The van der Waals surface area contributed by atoms with Crippen LogP contribution < -0.4 is 0 Å². The maximum atomic E-state index is 10.9. The van der Waals surface area contributed by atoms with E-state index in [1.165, 1.54) is 0 Å². The van der Waals surface area contributed by atoms with E-state index >= 15 is 0 Å². The van der Waals surface area contributed by atoms with Gasteiger partial charge in [-0.25, -0.2) is 0 Å². The zero-order valence-electron chi connectivity index (χ0n) is 11.7. The van der Waals surface area contributed by atoms with Crippen molar-refractivity contribution in [1.82, 2.24) is 0 Å². The number of hydrogen-bond donors (Lipinski definition) is 0. The minimum absolute atomic E-state index is 0.0107. The topological polar surface area (TPSA) is 26.3 Å². The molecule has 0 heterocycles. The Hall–Kier alpha value is -0.153. The quantitative estimate of drug-likeness (QED) is 0.478. The van der Waals surface area contributed by atoms with Crippen molar-refractivity contribution >= 4 is 14.6 Å². The zero-order chi connectivity index (χ0) is 12.8. The standard InChI is InChI=1S/C13H28O2Si/c1-7-16(8-2,9-3)15-13(11(4)5)12(6)10-14/h10-13H,7-9H2,1-6H3/t12-,13-/m0/s1. The summed E-state index contributed by atoms with van der Waals surface area (Å²) in [4.78, 5) is 10.9. The van der Waals surface area contributed by atoms with Crippen molar-refractivity contribution < 1.29 is 9.22 Å². The summed E-state index contributed by atoms with van der Waals surface area (Å²) in [6, 6.07) is 3.44. The van der Waals surface area contributed by atoms with Crippen LogP contribution in [-0.4, -0.2) is 20.7 Å². The molecule has 2 atom stereocenters. The SMILES string of the molecule is CC[Si](CC)(CC)O[C@@H](C(C)C)[C@@H](C)C=O.